The number of primary amides is 1. The third-order valence-corrected chi connectivity index (χ3v) is 3.11. The maximum absolute atomic E-state index is 11.1. The van der Waals surface area contributed by atoms with Gasteiger partial charge in [-0.3, -0.25) is 4.79 Å². The van der Waals surface area contributed by atoms with Crippen LogP contribution in [0.3, 0.4) is 0 Å². The van der Waals surface area contributed by atoms with Gasteiger partial charge in [0, 0.05) is 10.0 Å². The minimum atomic E-state index is -0.312. The molecule has 1 aromatic rings. The summed E-state index contributed by atoms with van der Waals surface area (Å²) in [6, 6.07) is 3.51. The predicted octanol–water partition coefficient (Wildman–Crippen LogP) is 2.51. The average molecular weight is 230 g/mol. The molecule has 0 bridgehead atoms. The second kappa shape index (κ2) is 3.44. The fourth-order valence-electron chi connectivity index (χ4n) is 1.96. The van der Waals surface area contributed by atoms with E-state index in [0.29, 0.717) is 10.0 Å². The maximum atomic E-state index is 11.1. The Hall–Kier alpha value is -0.730. The summed E-state index contributed by atoms with van der Waals surface area (Å²) in [5.41, 5.74) is 7.20. The van der Waals surface area contributed by atoms with Gasteiger partial charge in [-0.1, -0.05) is 23.2 Å². The zero-order valence-corrected chi connectivity index (χ0v) is 8.90. The summed E-state index contributed by atoms with van der Waals surface area (Å²) in [5.74, 6) is -0.553. The molecule has 1 atom stereocenters. The van der Waals surface area contributed by atoms with Crippen LogP contribution >= 0.6 is 23.2 Å². The summed E-state index contributed by atoms with van der Waals surface area (Å²) in [7, 11) is 0. The number of rotatable bonds is 1. The lowest BCUT2D eigenvalue weighted by Gasteiger charge is -2.09. The van der Waals surface area contributed by atoms with Crippen LogP contribution in [0.4, 0.5) is 0 Å². The van der Waals surface area contributed by atoms with Gasteiger partial charge in [0.25, 0.3) is 0 Å². The van der Waals surface area contributed by atoms with Gasteiger partial charge >= 0.3 is 0 Å². The Morgan fingerprint density at radius 3 is 2.79 bits per heavy atom. The van der Waals surface area contributed by atoms with Gasteiger partial charge in [-0.2, -0.15) is 0 Å². The second-order valence-electron chi connectivity index (χ2n) is 3.45. The Morgan fingerprint density at radius 1 is 1.43 bits per heavy atom. The van der Waals surface area contributed by atoms with Gasteiger partial charge in [0.1, 0.15) is 0 Å². The minimum absolute atomic E-state index is 0.241. The fraction of sp³-hybridized carbons (Fsp3) is 0.300. The van der Waals surface area contributed by atoms with E-state index in [1.807, 2.05) is 6.07 Å². The van der Waals surface area contributed by atoms with E-state index in [1.165, 1.54) is 0 Å². The van der Waals surface area contributed by atoms with Gasteiger partial charge in [0.2, 0.25) is 5.91 Å². The number of benzene rings is 1. The number of hydrogen-bond donors (Lipinski definition) is 1. The zero-order valence-electron chi connectivity index (χ0n) is 7.39. The molecule has 1 aliphatic carbocycles. The molecule has 0 unspecified atom stereocenters. The summed E-state index contributed by atoms with van der Waals surface area (Å²) >= 11 is 11.9. The predicted molar refractivity (Wildman–Crippen MR) is 56.7 cm³/mol. The lowest BCUT2D eigenvalue weighted by molar-refractivity contribution is -0.119. The van der Waals surface area contributed by atoms with Crippen molar-refractivity contribution >= 4 is 29.1 Å². The van der Waals surface area contributed by atoms with Crippen molar-refractivity contribution < 1.29 is 4.79 Å². The molecule has 1 amide bonds. The molecule has 14 heavy (non-hydrogen) atoms. The molecule has 0 spiro atoms. The summed E-state index contributed by atoms with van der Waals surface area (Å²) < 4.78 is 0. The molecular weight excluding hydrogens is 221 g/mol. The summed E-state index contributed by atoms with van der Waals surface area (Å²) in [4.78, 5) is 11.1. The van der Waals surface area contributed by atoms with E-state index in [9.17, 15) is 4.79 Å². The molecule has 2 N–H and O–H groups in total. The Kier molecular flexibility index (Phi) is 2.41. The molecule has 2 nitrogen and oxygen atoms in total. The summed E-state index contributed by atoms with van der Waals surface area (Å²) in [5, 5.41) is 1.16. The normalized spacial score (nSPS) is 19.4. The first-order valence-electron chi connectivity index (χ1n) is 4.36. The van der Waals surface area contributed by atoms with Crippen LogP contribution in [0.25, 0.3) is 0 Å². The molecule has 4 heteroatoms. The molecule has 0 heterocycles. The fourth-order valence-corrected chi connectivity index (χ4v) is 2.63. The number of carbonyl (C=O) groups is 1. The Morgan fingerprint density at radius 2 is 2.14 bits per heavy atom. The van der Waals surface area contributed by atoms with Crippen molar-refractivity contribution in [3.63, 3.8) is 0 Å². The van der Waals surface area contributed by atoms with Crippen molar-refractivity contribution in [1.29, 1.82) is 0 Å². The summed E-state index contributed by atoms with van der Waals surface area (Å²) in [6.07, 6.45) is 1.56. The number of hydrogen-bond acceptors (Lipinski definition) is 1. The van der Waals surface area contributed by atoms with Gasteiger partial charge in [-0.25, -0.2) is 0 Å². The molecule has 1 aromatic carbocycles. The Labute approximate surface area is 92.0 Å². The first-order chi connectivity index (χ1) is 6.59. The lowest BCUT2D eigenvalue weighted by atomic mass is 10.0. The summed E-state index contributed by atoms with van der Waals surface area (Å²) in [6.45, 7) is 0. The third kappa shape index (κ3) is 1.49. The van der Waals surface area contributed by atoms with Crippen molar-refractivity contribution in [1.82, 2.24) is 0 Å². The highest BCUT2D eigenvalue weighted by Gasteiger charge is 2.29. The van der Waals surface area contributed by atoms with Gasteiger partial charge in [-0.05, 0) is 36.1 Å². The van der Waals surface area contributed by atoms with Crippen molar-refractivity contribution in [2.45, 2.75) is 18.8 Å². The van der Waals surface area contributed by atoms with E-state index in [1.54, 1.807) is 6.07 Å². The number of carbonyl (C=O) groups excluding carboxylic acids is 1. The Balaban J connectivity index is 2.54. The van der Waals surface area contributed by atoms with Gasteiger partial charge in [0.15, 0.2) is 0 Å². The zero-order chi connectivity index (χ0) is 10.3. The molecule has 1 aliphatic rings. The molecule has 0 saturated carbocycles. The van der Waals surface area contributed by atoms with Crippen molar-refractivity contribution in [3.8, 4) is 0 Å². The molecule has 0 aromatic heterocycles. The Bertz CT molecular complexity index is 403. The van der Waals surface area contributed by atoms with Crippen LogP contribution in [-0.4, -0.2) is 5.91 Å². The van der Waals surface area contributed by atoms with Crippen LogP contribution < -0.4 is 5.73 Å². The topological polar surface area (TPSA) is 43.1 Å². The molecule has 0 fully saturated rings. The maximum Gasteiger partial charge on any atom is 0.225 e. The largest absolute Gasteiger partial charge is 0.369 e. The highest BCUT2D eigenvalue weighted by Crippen LogP contribution is 2.39. The van der Waals surface area contributed by atoms with Crippen molar-refractivity contribution in [3.05, 3.63) is 33.3 Å². The number of amides is 1. The monoisotopic (exact) mass is 229 g/mol. The van der Waals surface area contributed by atoms with Crippen LogP contribution in [0, 0.1) is 0 Å². The molecule has 2 rings (SSSR count). The van der Waals surface area contributed by atoms with Crippen molar-refractivity contribution in [2.75, 3.05) is 0 Å². The van der Waals surface area contributed by atoms with Gasteiger partial charge < -0.3 is 5.73 Å². The van der Waals surface area contributed by atoms with Gasteiger partial charge in [-0.15, -0.1) is 0 Å². The molecular formula is C10H9Cl2NO. The van der Waals surface area contributed by atoms with E-state index in [2.05, 4.69) is 0 Å². The second-order valence-corrected chi connectivity index (χ2v) is 4.30. The SMILES string of the molecule is NC(=O)[C@@H]1CCc2cc(Cl)cc(Cl)c21. The van der Waals surface area contributed by atoms with E-state index in [4.69, 9.17) is 28.9 Å². The highest BCUT2D eigenvalue weighted by molar-refractivity contribution is 6.35. The molecule has 0 saturated heterocycles. The standard InChI is InChI=1S/C10H9Cl2NO/c11-6-3-5-1-2-7(10(13)14)9(5)8(12)4-6/h3-4,7H,1-2H2,(H2,13,14)/t7-/m1/s1. The van der Waals surface area contributed by atoms with Crippen LogP contribution in [0.2, 0.25) is 10.0 Å². The number of fused-ring (bicyclic) bond motifs is 1. The smallest absolute Gasteiger partial charge is 0.225 e. The average Bonchev–Trinajstić information content (AvgIpc) is 2.47. The van der Waals surface area contributed by atoms with Crippen LogP contribution in [0.1, 0.15) is 23.5 Å². The highest BCUT2D eigenvalue weighted by atomic mass is 35.5. The first-order valence-corrected chi connectivity index (χ1v) is 5.12. The molecule has 74 valence electrons. The molecule has 0 aliphatic heterocycles. The van der Waals surface area contributed by atoms with E-state index < -0.39 is 0 Å². The number of halogens is 2. The lowest BCUT2D eigenvalue weighted by Crippen LogP contribution is -2.19. The number of nitrogens with two attached hydrogens (primary N) is 1. The van der Waals surface area contributed by atoms with Crippen LogP contribution in [0.15, 0.2) is 12.1 Å². The van der Waals surface area contributed by atoms with E-state index in [0.717, 1.165) is 24.0 Å². The minimum Gasteiger partial charge on any atom is -0.369 e. The molecule has 0 radical (unpaired) electrons. The number of aryl methyl sites for hydroxylation is 1. The van der Waals surface area contributed by atoms with E-state index >= 15 is 0 Å². The van der Waals surface area contributed by atoms with E-state index in [-0.39, 0.29) is 11.8 Å². The van der Waals surface area contributed by atoms with Crippen LogP contribution in [0.5, 0.6) is 0 Å². The third-order valence-electron chi connectivity index (χ3n) is 2.57. The van der Waals surface area contributed by atoms with Crippen molar-refractivity contribution in [2.24, 2.45) is 5.73 Å². The first kappa shape index (κ1) is 9.81. The quantitative estimate of drug-likeness (QED) is 0.791. The van der Waals surface area contributed by atoms with Crippen LogP contribution in [-0.2, 0) is 11.2 Å². The van der Waals surface area contributed by atoms with Gasteiger partial charge in [0.05, 0.1) is 5.92 Å².